The van der Waals surface area contributed by atoms with Crippen LogP contribution in [0.25, 0.3) is 68.3 Å². The van der Waals surface area contributed by atoms with E-state index in [2.05, 4.69) is 171 Å². The van der Waals surface area contributed by atoms with E-state index in [1.54, 1.807) is 0 Å². The maximum atomic E-state index is 5.00. The summed E-state index contributed by atoms with van der Waals surface area (Å²) in [5, 5.41) is 0. The molecule has 0 N–H and O–H groups in total. The SMILES string of the molecule is SCc1ccc(-c2nc3nc(n2)-c2ccc(cc2)CSSCc2ccc(cc2)-c2nc(-c4ccc(CS)cc4)nc(n2)-c2ccc(cc2)CSSCc2ccc-3cc2)cc1. The normalized spacial score (nSPS) is 13.1. The number of hydrogen-bond acceptors (Lipinski definition) is 12. The van der Waals surface area contributed by atoms with Gasteiger partial charge in [0.25, 0.3) is 0 Å². The van der Waals surface area contributed by atoms with Crippen molar-refractivity contribution in [1.82, 2.24) is 29.9 Å². The van der Waals surface area contributed by atoms with Gasteiger partial charge in [-0.1, -0.05) is 189 Å². The van der Waals surface area contributed by atoms with Gasteiger partial charge in [0.1, 0.15) is 0 Å². The standard InChI is InChI=1S/C48H38N6S6/c55-25-31-1-13-37(14-2-31)43-49-45-39-17-5-33(6-18-39)27-57-59-29-35-9-21-41(22-10-35)47-51-44(38-15-3-32(26-56)4-16-38)52-48(54-47)42-23-11-36(12-24-42)30-60-58-28-34-7-19-40(20-8-34)46(50-43)53-45/h1-24,55-56H,25-30H2. The molecule has 0 atom stereocenters. The Morgan fingerprint density at radius 1 is 0.283 bits per heavy atom. The van der Waals surface area contributed by atoms with Crippen LogP contribution >= 0.6 is 68.4 Å². The highest BCUT2D eigenvalue weighted by atomic mass is 33.1. The zero-order chi connectivity index (χ0) is 40.7. The summed E-state index contributed by atoms with van der Waals surface area (Å²) in [7, 11) is 7.39. The van der Waals surface area contributed by atoms with E-state index in [4.69, 9.17) is 29.9 Å². The third-order valence-electron chi connectivity index (χ3n) is 9.98. The number of benzene rings is 6. The van der Waals surface area contributed by atoms with E-state index in [9.17, 15) is 0 Å². The predicted octanol–water partition coefficient (Wildman–Crippen LogP) is 13.4. The average molecular weight is 891 g/mol. The van der Waals surface area contributed by atoms with Gasteiger partial charge in [-0.05, 0) is 33.4 Å². The van der Waals surface area contributed by atoms with Crippen LogP contribution in [0.4, 0.5) is 0 Å². The molecule has 296 valence electrons. The first-order valence-electron chi connectivity index (χ1n) is 19.4. The molecule has 0 spiro atoms. The third-order valence-corrected chi connectivity index (χ3v) is 15.3. The van der Waals surface area contributed by atoms with Crippen molar-refractivity contribution in [3.05, 3.63) is 179 Å². The van der Waals surface area contributed by atoms with Crippen LogP contribution in [0.5, 0.6) is 0 Å². The molecule has 7 aliphatic heterocycles. The van der Waals surface area contributed by atoms with Gasteiger partial charge in [0.2, 0.25) is 0 Å². The maximum Gasteiger partial charge on any atom is 0.164 e. The topological polar surface area (TPSA) is 77.3 Å². The van der Waals surface area contributed by atoms with Crippen molar-refractivity contribution in [3.63, 3.8) is 0 Å². The minimum Gasteiger partial charge on any atom is -0.208 e. The van der Waals surface area contributed by atoms with E-state index in [1.165, 1.54) is 22.3 Å². The van der Waals surface area contributed by atoms with Crippen molar-refractivity contribution >= 4 is 68.4 Å². The molecular weight excluding hydrogens is 853 g/mol. The fourth-order valence-corrected chi connectivity index (χ4v) is 11.2. The van der Waals surface area contributed by atoms with Gasteiger partial charge in [-0.3, -0.25) is 0 Å². The van der Waals surface area contributed by atoms with Crippen LogP contribution in [-0.2, 0) is 34.5 Å². The third kappa shape index (κ3) is 9.96. The Hall–Kier alpha value is -4.56. The van der Waals surface area contributed by atoms with Crippen LogP contribution < -0.4 is 0 Å². The Morgan fingerprint density at radius 2 is 0.467 bits per heavy atom. The molecule has 6 aromatic carbocycles. The summed E-state index contributed by atoms with van der Waals surface area (Å²) in [6, 6.07) is 50.9. The van der Waals surface area contributed by atoms with Crippen molar-refractivity contribution in [2.24, 2.45) is 0 Å². The molecule has 7 aliphatic rings. The van der Waals surface area contributed by atoms with Crippen LogP contribution in [0, 0.1) is 0 Å². The molecule has 60 heavy (non-hydrogen) atoms. The summed E-state index contributed by atoms with van der Waals surface area (Å²) in [4.78, 5) is 29.9. The van der Waals surface area contributed by atoms with E-state index in [0.29, 0.717) is 46.5 Å². The highest BCUT2D eigenvalue weighted by Gasteiger charge is 2.15. The van der Waals surface area contributed by atoms with Gasteiger partial charge in [-0.15, -0.1) is 0 Å². The number of rotatable bonds is 4. The molecule has 15 rings (SSSR count). The van der Waals surface area contributed by atoms with E-state index >= 15 is 0 Å². The first-order valence-corrected chi connectivity index (χ1v) is 25.6. The lowest BCUT2D eigenvalue weighted by molar-refractivity contribution is 1.07. The highest BCUT2D eigenvalue weighted by Crippen LogP contribution is 2.34. The molecule has 8 aromatic rings. The highest BCUT2D eigenvalue weighted by molar-refractivity contribution is 8.76. The summed E-state index contributed by atoms with van der Waals surface area (Å²) < 4.78 is 0. The van der Waals surface area contributed by atoms with E-state index in [-0.39, 0.29) is 0 Å². The smallest absolute Gasteiger partial charge is 0.164 e. The van der Waals surface area contributed by atoms with Gasteiger partial charge in [0.15, 0.2) is 34.9 Å². The second kappa shape index (κ2) is 19.4. The van der Waals surface area contributed by atoms with Crippen molar-refractivity contribution in [2.45, 2.75) is 34.5 Å². The summed E-state index contributed by atoms with van der Waals surface area (Å²) in [5.74, 6) is 8.79. The average Bonchev–Trinajstić information content (AvgIpc) is 3.32. The van der Waals surface area contributed by atoms with Crippen molar-refractivity contribution in [3.8, 4) is 68.3 Å². The van der Waals surface area contributed by atoms with Gasteiger partial charge in [-0.25, -0.2) is 29.9 Å². The second-order valence-electron chi connectivity index (χ2n) is 14.2. The van der Waals surface area contributed by atoms with Gasteiger partial charge in [0.05, 0.1) is 0 Å². The summed E-state index contributed by atoms with van der Waals surface area (Å²) in [6.07, 6.45) is 0. The Labute approximate surface area is 377 Å². The summed E-state index contributed by atoms with van der Waals surface area (Å²) >= 11 is 8.88. The molecule has 0 amide bonds. The first kappa shape index (κ1) is 40.8. The largest absolute Gasteiger partial charge is 0.208 e. The fraction of sp³-hybridized carbons (Fsp3) is 0.125. The minimum absolute atomic E-state index is 0.650. The summed E-state index contributed by atoms with van der Waals surface area (Å²) in [5.41, 5.74) is 13.0. The van der Waals surface area contributed by atoms with Gasteiger partial charge in [0, 0.05) is 67.9 Å². The van der Waals surface area contributed by atoms with Gasteiger partial charge >= 0.3 is 0 Å². The molecule has 0 saturated heterocycles. The first-order chi connectivity index (χ1) is 29.6. The lowest BCUT2D eigenvalue weighted by Gasteiger charge is -2.10. The van der Waals surface area contributed by atoms with Crippen molar-refractivity contribution in [1.29, 1.82) is 0 Å². The minimum atomic E-state index is 0.650. The number of aromatic nitrogens is 6. The molecule has 6 nitrogen and oxygen atoms in total. The van der Waals surface area contributed by atoms with Crippen LogP contribution in [0.1, 0.15) is 33.4 Å². The maximum absolute atomic E-state index is 5.00. The molecular formula is C48H38N6S6. The number of nitrogens with zero attached hydrogens (tertiary/aromatic N) is 6. The Morgan fingerprint density at radius 3 is 0.650 bits per heavy atom. The summed E-state index contributed by atoms with van der Waals surface area (Å²) in [6.45, 7) is 0. The van der Waals surface area contributed by atoms with Crippen molar-refractivity contribution in [2.75, 3.05) is 0 Å². The molecule has 2 aromatic heterocycles. The lowest BCUT2D eigenvalue weighted by Crippen LogP contribution is -2.00. The molecule has 0 saturated carbocycles. The Balaban J connectivity index is 1.01. The van der Waals surface area contributed by atoms with E-state index in [0.717, 1.165) is 67.5 Å². The molecule has 9 heterocycles. The lowest BCUT2D eigenvalue weighted by atomic mass is 10.1. The molecule has 12 heteroatoms. The molecule has 12 bridgehead atoms. The molecule has 0 aliphatic carbocycles. The Kier molecular flexibility index (Phi) is 13.2. The molecule has 0 unspecified atom stereocenters. The van der Waals surface area contributed by atoms with Crippen LogP contribution in [-0.4, -0.2) is 29.9 Å². The Bertz CT molecular complexity index is 2370. The quantitative estimate of drug-likeness (QED) is 0.132. The van der Waals surface area contributed by atoms with Crippen LogP contribution in [0.3, 0.4) is 0 Å². The van der Waals surface area contributed by atoms with Crippen LogP contribution in [0.15, 0.2) is 146 Å². The predicted molar refractivity (Wildman–Crippen MR) is 263 cm³/mol. The number of hydrogen-bond donors (Lipinski definition) is 2. The molecule has 0 radical (unpaired) electrons. The zero-order valence-electron chi connectivity index (χ0n) is 32.3. The fourth-order valence-electron chi connectivity index (χ4n) is 6.48. The van der Waals surface area contributed by atoms with Gasteiger partial charge < -0.3 is 0 Å². The van der Waals surface area contributed by atoms with Gasteiger partial charge in [-0.2, -0.15) is 25.3 Å². The van der Waals surface area contributed by atoms with Crippen molar-refractivity contribution < 1.29 is 0 Å². The van der Waals surface area contributed by atoms with E-state index in [1.807, 2.05) is 43.2 Å². The monoisotopic (exact) mass is 890 g/mol. The number of thiol groups is 2. The zero-order valence-corrected chi connectivity index (χ0v) is 37.4. The second-order valence-corrected chi connectivity index (χ2v) is 19.7. The molecule has 0 fully saturated rings. The van der Waals surface area contributed by atoms with Crippen LogP contribution in [0.2, 0.25) is 0 Å². The van der Waals surface area contributed by atoms with E-state index < -0.39 is 0 Å².